The Labute approximate surface area is 139 Å². The van der Waals surface area contributed by atoms with Crippen molar-refractivity contribution in [2.45, 2.75) is 38.4 Å². The van der Waals surface area contributed by atoms with E-state index in [2.05, 4.69) is 16.5 Å². The number of nitrogens with zero attached hydrogens (tertiary/aromatic N) is 3. The second-order valence-corrected chi connectivity index (χ2v) is 6.58. The summed E-state index contributed by atoms with van der Waals surface area (Å²) in [4.78, 5) is 13.2. The summed E-state index contributed by atoms with van der Waals surface area (Å²) in [5, 5.41) is 15.8. The Balaban J connectivity index is 1.73. The van der Waals surface area contributed by atoms with Gasteiger partial charge in [0.1, 0.15) is 17.6 Å². The van der Waals surface area contributed by atoms with Crippen molar-refractivity contribution in [1.82, 2.24) is 9.78 Å². The van der Waals surface area contributed by atoms with Crippen LogP contribution in [0.15, 0.2) is 12.3 Å². The Morgan fingerprint density at radius 2 is 2.17 bits per heavy atom. The number of aryl methyl sites for hydroxylation is 1. The summed E-state index contributed by atoms with van der Waals surface area (Å²) in [7, 11) is 0. The smallest absolute Gasteiger partial charge is 0.315 e. The molecule has 2 aromatic rings. The molecule has 0 atom stereocenters. The summed E-state index contributed by atoms with van der Waals surface area (Å²) in [6, 6.07) is 2.94. The van der Waals surface area contributed by atoms with E-state index in [1.807, 2.05) is 0 Å². The molecular weight excluding hydrogens is 341 g/mol. The van der Waals surface area contributed by atoms with Crippen molar-refractivity contribution < 1.29 is 18.0 Å². The summed E-state index contributed by atoms with van der Waals surface area (Å²) >= 11 is 1.37. The Morgan fingerprint density at radius 3 is 2.83 bits per heavy atom. The first-order valence-electron chi connectivity index (χ1n) is 7.33. The molecule has 24 heavy (non-hydrogen) atoms. The van der Waals surface area contributed by atoms with Gasteiger partial charge in [-0.3, -0.25) is 9.48 Å². The van der Waals surface area contributed by atoms with E-state index in [0.717, 1.165) is 53.1 Å². The maximum Gasteiger partial charge on any atom is 0.435 e. The van der Waals surface area contributed by atoms with Crippen LogP contribution in [-0.4, -0.2) is 15.7 Å². The monoisotopic (exact) mass is 354 g/mol. The lowest BCUT2D eigenvalue weighted by Crippen LogP contribution is -2.19. The van der Waals surface area contributed by atoms with Crippen LogP contribution in [0.3, 0.4) is 0 Å². The highest BCUT2D eigenvalue weighted by Crippen LogP contribution is 2.37. The number of rotatable bonds is 3. The number of fused-ring (bicyclic) bond motifs is 1. The van der Waals surface area contributed by atoms with Crippen LogP contribution in [0, 0.1) is 11.3 Å². The summed E-state index contributed by atoms with van der Waals surface area (Å²) in [5.41, 5.74) is 0.418. The number of thiophene rings is 1. The largest absolute Gasteiger partial charge is 0.435 e. The predicted molar refractivity (Wildman–Crippen MR) is 81.5 cm³/mol. The number of amides is 1. The van der Waals surface area contributed by atoms with Crippen LogP contribution in [0.1, 0.15) is 34.5 Å². The highest BCUT2D eigenvalue weighted by Gasteiger charge is 2.33. The topological polar surface area (TPSA) is 70.7 Å². The van der Waals surface area contributed by atoms with Crippen molar-refractivity contribution >= 4 is 22.2 Å². The van der Waals surface area contributed by atoms with Crippen molar-refractivity contribution in [3.05, 3.63) is 34.0 Å². The Kier molecular flexibility index (Phi) is 4.32. The molecule has 1 N–H and O–H groups in total. The summed E-state index contributed by atoms with van der Waals surface area (Å²) < 4.78 is 38.4. The summed E-state index contributed by atoms with van der Waals surface area (Å²) in [6.07, 6.45) is 0.339. The van der Waals surface area contributed by atoms with Gasteiger partial charge in [0.15, 0.2) is 5.69 Å². The zero-order valence-electron chi connectivity index (χ0n) is 12.5. The number of aromatic nitrogens is 2. The van der Waals surface area contributed by atoms with Crippen molar-refractivity contribution in [2.24, 2.45) is 0 Å². The van der Waals surface area contributed by atoms with Crippen molar-refractivity contribution in [1.29, 1.82) is 5.26 Å². The van der Waals surface area contributed by atoms with Crippen molar-refractivity contribution in [3.8, 4) is 6.07 Å². The average molecular weight is 354 g/mol. The van der Waals surface area contributed by atoms with Gasteiger partial charge >= 0.3 is 6.18 Å². The molecule has 0 unspecified atom stereocenters. The molecule has 0 aromatic carbocycles. The second-order valence-electron chi connectivity index (χ2n) is 5.47. The molecule has 0 saturated carbocycles. The molecule has 0 radical (unpaired) electrons. The zero-order chi connectivity index (χ0) is 17.3. The Morgan fingerprint density at radius 1 is 1.42 bits per heavy atom. The third-order valence-electron chi connectivity index (χ3n) is 3.77. The molecule has 0 fully saturated rings. The standard InChI is InChI=1S/C15H13F3N4OS/c16-15(17,18)12-5-6-22(21-12)8-13(23)20-14-10(7-19)9-3-1-2-4-11(9)24-14/h5-6H,1-4,8H2,(H,20,23). The number of anilines is 1. The molecule has 0 spiro atoms. The quantitative estimate of drug-likeness (QED) is 0.919. The molecule has 126 valence electrons. The molecule has 1 amide bonds. The molecule has 0 bridgehead atoms. The fourth-order valence-corrected chi connectivity index (χ4v) is 3.94. The highest BCUT2D eigenvalue weighted by atomic mass is 32.1. The van der Waals surface area contributed by atoms with E-state index in [9.17, 15) is 23.2 Å². The first kappa shape index (κ1) is 16.5. The Hall–Kier alpha value is -2.34. The van der Waals surface area contributed by atoms with Gasteiger partial charge in [-0.2, -0.15) is 23.5 Å². The first-order chi connectivity index (χ1) is 11.4. The third kappa shape index (κ3) is 3.28. The molecular formula is C15H13F3N4OS. The number of hydrogen-bond acceptors (Lipinski definition) is 4. The van der Waals surface area contributed by atoms with Crippen LogP contribution >= 0.6 is 11.3 Å². The minimum atomic E-state index is -4.54. The zero-order valence-corrected chi connectivity index (χ0v) is 13.3. The van der Waals surface area contributed by atoms with E-state index < -0.39 is 17.8 Å². The van der Waals surface area contributed by atoms with Crippen LogP contribution in [0.5, 0.6) is 0 Å². The van der Waals surface area contributed by atoms with Gasteiger partial charge in [0.25, 0.3) is 0 Å². The second kappa shape index (κ2) is 6.28. The molecule has 2 heterocycles. The number of halogens is 3. The van der Waals surface area contributed by atoms with E-state index in [1.54, 1.807) is 0 Å². The molecule has 9 heteroatoms. The van der Waals surface area contributed by atoms with E-state index >= 15 is 0 Å². The summed E-state index contributed by atoms with van der Waals surface area (Å²) in [6.45, 7) is -0.344. The maximum absolute atomic E-state index is 12.5. The molecule has 1 aliphatic carbocycles. The summed E-state index contributed by atoms with van der Waals surface area (Å²) in [5.74, 6) is -0.512. The maximum atomic E-state index is 12.5. The lowest BCUT2D eigenvalue weighted by Gasteiger charge is -2.09. The molecule has 1 aliphatic rings. The van der Waals surface area contributed by atoms with Gasteiger partial charge in [0.2, 0.25) is 5.91 Å². The SMILES string of the molecule is N#Cc1c(NC(=O)Cn2ccc(C(F)(F)F)n2)sc2c1CCCC2. The molecule has 5 nitrogen and oxygen atoms in total. The van der Waals surface area contributed by atoms with Crippen molar-refractivity contribution in [3.63, 3.8) is 0 Å². The fraction of sp³-hybridized carbons (Fsp3) is 0.400. The van der Waals surface area contributed by atoms with Crippen molar-refractivity contribution in [2.75, 3.05) is 5.32 Å². The van der Waals surface area contributed by atoms with E-state index in [4.69, 9.17) is 0 Å². The lowest BCUT2D eigenvalue weighted by atomic mass is 9.96. The van der Waals surface area contributed by atoms with Gasteiger partial charge in [-0.05, 0) is 37.3 Å². The highest BCUT2D eigenvalue weighted by molar-refractivity contribution is 7.16. The predicted octanol–water partition coefficient (Wildman–Crippen LogP) is 3.35. The fourth-order valence-electron chi connectivity index (χ4n) is 2.69. The lowest BCUT2D eigenvalue weighted by molar-refractivity contribution is -0.141. The van der Waals surface area contributed by atoms with Crippen LogP contribution in [0.4, 0.5) is 18.2 Å². The van der Waals surface area contributed by atoms with E-state index in [0.29, 0.717) is 10.6 Å². The van der Waals surface area contributed by atoms with E-state index in [-0.39, 0.29) is 6.54 Å². The van der Waals surface area contributed by atoms with Gasteiger partial charge < -0.3 is 5.32 Å². The molecule has 2 aromatic heterocycles. The molecule has 3 rings (SSSR count). The van der Waals surface area contributed by atoms with Crippen LogP contribution in [0.2, 0.25) is 0 Å². The van der Waals surface area contributed by atoms with Gasteiger partial charge in [-0.1, -0.05) is 0 Å². The van der Waals surface area contributed by atoms with Gasteiger partial charge in [-0.25, -0.2) is 0 Å². The molecule has 0 aliphatic heterocycles. The number of carbonyl (C=O) groups excluding carboxylic acids is 1. The van der Waals surface area contributed by atoms with Crippen LogP contribution < -0.4 is 5.32 Å². The molecule has 0 saturated heterocycles. The number of carbonyl (C=O) groups is 1. The normalized spacial score (nSPS) is 14.1. The number of nitrogens with one attached hydrogen (secondary N) is 1. The first-order valence-corrected chi connectivity index (χ1v) is 8.15. The number of nitriles is 1. The average Bonchev–Trinajstić information content (AvgIpc) is 3.10. The minimum Gasteiger partial charge on any atom is -0.315 e. The Bertz CT molecular complexity index is 816. The van der Waals surface area contributed by atoms with Gasteiger partial charge in [0, 0.05) is 11.1 Å². The van der Waals surface area contributed by atoms with E-state index in [1.165, 1.54) is 11.3 Å². The van der Waals surface area contributed by atoms with Gasteiger partial charge in [-0.15, -0.1) is 11.3 Å². The minimum absolute atomic E-state index is 0.344. The third-order valence-corrected chi connectivity index (χ3v) is 4.98. The van der Waals surface area contributed by atoms with Crippen LogP contribution in [-0.2, 0) is 30.4 Å². The van der Waals surface area contributed by atoms with Gasteiger partial charge in [0.05, 0.1) is 5.56 Å². The number of hydrogen-bond donors (Lipinski definition) is 1. The van der Waals surface area contributed by atoms with Crippen LogP contribution in [0.25, 0.3) is 0 Å². The number of alkyl halides is 3.